The van der Waals surface area contributed by atoms with Crippen LogP contribution < -0.4 is 11.1 Å². The van der Waals surface area contributed by atoms with Gasteiger partial charge >= 0.3 is 0 Å². The first kappa shape index (κ1) is 14.5. The van der Waals surface area contributed by atoms with Crippen molar-refractivity contribution in [2.24, 2.45) is 17.6 Å². The van der Waals surface area contributed by atoms with Gasteiger partial charge in [-0.05, 0) is 44.9 Å². The van der Waals surface area contributed by atoms with Gasteiger partial charge in [0, 0.05) is 17.5 Å². The summed E-state index contributed by atoms with van der Waals surface area (Å²) in [6.45, 7) is 8.55. The molecule has 0 aromatic heterocycles. The van der Waals surface area contributed by atoms with E-state index in [0.717, 1.165) is 32.1 Å². The van der Waals surface area contributed by atoms with Crippen LogP contribution in [0.2, 0.25) is 0 Å². The fraction of sp³-hybridized carbons (Fsp3) is 0.929. The standard InChI is InChI=1S/C14H28N2O/c1-5-14(4,6-2)16-13(17)11-8-7-10(3)12(15)9-11/h10-12H,5-9,15H2,1-4H3,(H,16,17). The van der Waals surface area contributed by atoms with E-state index in [9.17, 15) is 4.79 Å². The predicted octanol–water partition coefficient (Wildman–Crippen LogP) is 2.44. The van der Waals surface area contributed by atoms with Gasteiger partial charge in [0.05, 0.1) is 0 Å². The van der Waals surface area contributed by atoms with Gasteiger partial charge in [0.1, 0.15) is 0 Å². The molecule has 0 saturated heterocycles. The summed E-state index contributed by atoms with van der Waals surface area (Å²) in [5.74, 6) is 0.889. The van der Waals surface area contributed by atoms with Crippen LogP contribution in [0.15, 0.2) is 0 Å². The van der Waals surface area contributed by atoms with Crippen LogP contribution in [-0.4, -0.2) is 17.5 Å². The van der Waals surface area contributed by atoms with Crippen molar-refractivity contribution in [1.29, 1.82) is 0 Å². The number of amides is 1. The Morgan fingerprint density at radius 3 is 2.41 bits per heavy atom. The Bertz CT molecular complexity index is 261. The van der Waals surface area contributed by atoms with Gasteiger partial charge in [-0.3, -0.25) is 4.79 Å². The lowest BCUT2D eigenvalue weighted by Crippen LogP contribution is -2.49. The topological polar surface area (TPSA) is 55.1 Å². The molecule has 0 aromatic rings. The summed E-state index contributed by atoms with van der Waals surface area (Å²) in [4.78, 5) is 12.2. The van der Waals surface area contributed by atoms with Crippen LogP contribution in [-0.2, 0) is 4.79 Å². The maximum atomic E-state index is 12.2. The first-order chi connectivity index (χ1) is 7.91. The Hall–Kier alpha value is -0.570. The van der Waals surface area contributed by atoms with Crippen molar-refractivity contribution < 1.29 is 4.79 Å². The summed E-state index contributed by atoms with van der Waals surface area (Å²) in [5.41, 5.74) is 6.00. The normalized spacial score (nSPS) is 30.1. The highest BCUT2D eigenvalue weighted by molar-refractivity contribution is 5.79. The fourth-order valence-corrected chi connectivity index (χ4v) is 2.42. The minimum Gasteiger partial charge on any atom is -0.351 e. The van der Waals surface area contributed by atoms with Crippen molar-refractivity contribution in [2.75, 3.05) is 0 Å². The second kappa shape index (κ2) is 5.85. The lowest BCUT2D eigenvalue weighted by molar-refractivity contribution is -0.128. The molecule has 1 rings (SSSR count). The van der Waals surface area contributed by atoms with Crippen LogP contribution in [0.3, 0.4) is 0 Å². The van der Waals surface area contributed by atoms with Crippen LogP contribution in [0, 0.1) is 11.8 Å². The molecule has 3 unspecified atom stereocenters. The first-order valence-electron chi connectivity index (χ1n) is 6.99. The number of rotatable bonds is 4. The minimum absolute atomic E-state index is 0.0513. The fourth-order valence-electron chi connectivity index (χ4n) is 2.42. The lowest BCUT2D eigenvalue weighted by atomic mass is 9.79. The van der Waals surface area contributed by atoms with E-state index in [-0.39, 0.29) is 23.4 Å². The maximum Gasteiger partial charge on any atom is 0.223 e. The molecule has 0 aromatic carbocycles. The van der Waals surface area contributed by atoms with Gasteiger partial charge < -0.3 is 11.1 Å². The molecule has 100 valence electrons. The van der Waals surface area contributed by atoms with Gasteiger partial charge in [0.25, 0.3) is 0 Å². The Kier molecular flexibility index (Phi) is 4.99. The monoisotopic (exact) mass is 240 g/mol. The summed E-state index contributed by atoms with van der Waals surface area (Å²) in [7, 11) is 0. The highest BCUT2D eigenvalue weighted by Gasteiger charge is 2.32. The molecule has 0 bridgehead atoms. The Balaban J connectivity index is 2.54. The van der Waals surface area contributed by atoms with Crippen molar-refractivity contribution in [3.8, 4) is 0 Å². The molecule has 3 heteroatoms. The van der Waals surface area contributed by atoms with Crippen LogP contribution in [0.25, 0.3) is 0 Å². The zero-order valence-electron chi connectivity index (χ0n) is 11.8. The number of carbonyl (C=O) groups excluding carboxylic acids is 1. The molecule has 1 amide bonds. The van der Waals surface area contributed by atoms with E-state index in [2.05, 4.69) is 33.0 Å². The second-order valence-electron chi connectivity index (χ2n) is 5.91. The summed E-state index contributed by atoms with van der Waals surface area (Å²) < 4.78 is 0. The van der Waals surface area contributed by atoms with E-state index in [4.69, 9.17) is 5.73 Å². The van der Waals surface area contributed by atoms with Gasteiger partial charge in [0.15, 0.2) is 0 Å². The summed E-state index contributed by atoms with van der Waals surface area (Å²) >= 11 is 0. The van der Waals surface area contributed by atoms with E-state index >= 15 is 0 Å². The van der Waals surface area contributed by atoms with Crippen molar-refractivity contribution >= 4 is 5.91 Å². The second-order valence-corrected chi connectivity index (χ2v) is 5.91. The minimum atomic E-state index is -0.0513. The summed E-state index contributed by atoms with van der Waals surface area (Å²) in [6.07, 6.45) is 4.86. The molecule has 0 radical (unpaired) electrons. The van der Waals surface area contributed by atoms with Crippen LogP contribution in [0.4, 0.5) is 0 Å². The lowest BCUT2D eigenvalue weighted by Gasteiger charge is -2.35. The molecule has 1 aliphatic rings. The summed E-state index contributed by atoms with van der Waals surface area (Å²) in [5, 5.41) is 3.20. The van der Waals surface area contributed by atoms with Crippen molar-refractivity contribution in [3.63, 3.8) is 0 Å². The van der Waals surface area contributed by atoms with Crippen molar-refractivity contribution in [3.05, 3.63) is 0 Å². The number of nitrogens with two attached hydrogens (primary N) is 1. The van der Waals surface area contributed by atoms with Crippen molar-refractivity contribution in [2.45, 2.75) is 71.4 Å². The molecule has 0 spiro atoms. The number of hydrogen-bond acceptors (Lipinski definition) is 2. The third-order valence-corrected chi connectivity index (χ3v) is 4.61. The van der Waals surface area contributed by atoms with Gasteiger partial charge in [-0.1, -0.05) is 20.8 Å². The highest BCUT2D eigenvalue weighted by atomic mass is 16.2. The number of hydrogen-bond donors (Lipinski definition) is 2. The van der Waals surface area contributed by atoms with Crippen LogP contribution >= 0.6 is 0 Å². The first-order valence-corrected chi connectivity index (χ1v) is 6.99. The zero-order chi connectivity index (χ0) is 13.1. The van der Waals surface area contributed by atoms with E-state index in [0.29, 0.717) is 5.92 Å². The summed E-state index contributed by atoms with van der Waals surface area (Å²) in [6, 6.07) is 0.189. The third kappa shape index (κ3) is 3.70. The van der Waals surface area contributed by atoms with Gasteiger partial charge in [-0.2, -0.15) is 0 Å². The average molecular weight is 240 g/mol. The number of carbonyl (C=O) groups is 1. The molecule has 3 atom stereocenters. The molecule has 1 fully saturated rings. The van der Waals surface area contributed by atoms with Gasteiger partial charge in [-0.25, -0.2) is 0 Å². The molecular formula is C14H28N2O. The zero-order valence-corrected chi connectivity index (χ0v) is 11.8. The molecule has 1 aliphatic carbocycles. The smallest absolute Gasteiger partial charge is 0.223 e. The van der Waals surface area contributed by atoms with E-state index < -0.39 is 0 Å². The van der Waals surface area contributed by atoms with Crippen molar-refractivity contribution in [1.82, 2.24) is 5.32 Å². The average Bonchev–Trinajstić information content (AvgIpc) is 2.32. The molecular weight excluding hydrogens is 212 g/mol. The van der Waals surface area contributed by atoms with Crippen LogP contribution in [0.5, 0.6) is 0 Å². The molecule has 3 N–H and O–H groups in total. The van der Waals surface area contributed by atoms with Gasteiger partial charge in [0.2, 0.25) is 5.91 Å². The Morgan fingerprint density at radius 1 is 1.35 bits per heavy atom. The van der Waals surface area contributed by atoms with Gasteiger partial charge in [-0.15, -0.1) is 0 Å². The molecule has 1 saturated carbocycles. The quantitative estimate of drug-likeness (QED) is 0.793. The Morgan fingerprint density at radius 2 is 1.94 bits per heavy atom. The predicted molar refractivity (Wildman–Crippen MR) is 71.6 cm³/mol. The molecule has 17 heavy (non-hydrogen) atoms. The van der Waals surface area contributed by atoms with E-state index in [1.54, 1.807) is 0 Å². The highest BCUT2D eigenvalue weighted by Crippen LogP contribution is 2.28. The van der Waals surface area contributed by atoms with E-state index in [1.807, 2.05) is 0 Å². The van der Waals surface area contributed by atoms with E-state index in [1.165, 1.54) is 0 Å². The molecule has 0 aliphatic heterocycles. The number of nitrogens with one attached hydrogen (secondary N) is 1. The van der Waals surface area contributed by atoms with Crippen LogP contribution in [0.1, 0.15) is 59.8 Å². The molecule has 0 heterocycles. The Labute approximate surface area is 106 Å². The maximum absolute atomic E-state index is 12.2. The largest absolute Gasteiger partial charge is 0.351 e. The SMILES string of the molecule is CCC(C)(CC)NC(=O)C1CCC(C)C(N)C1. The third-order valence-electron chi connectivity index (χ3n) is 4.61. The molecule has 3 nitrogen and oxygen atoms in total.